The molecular weight excluding hydrogens is 374 g/mol. The van der Waals surface area contributed by atoms with Gasteiger partial charge in [-0.15, -0.1) is 11.7 Å². The molecule has 0 atom stereocenters. The first-order chi connectivity index (χ1) is 14.4. The van der Waals surface area contributed by atoms with Gasteiger partial charge in [0.2, 0.25) is 5.82 Å². The molecule has 2 aromatic carbocycles. The van der Waals surface area contributed by atoms with E-state index in [1.165, 1.54) is 0 Å². The van der Waals surface area contributed by atoms with E-state index >= 15 is 0 Å². The lowest BCUT2D eigenvalue weighted by molar-refractivity contribution is 0.0750. The summed E-state index contributed by atoms with van der Waals surface area (Å²) in [6, 6.07) is 17.3. The number of aryl methyl sites for hydroxylation is 1. The molecule has 1 aromatic heterocycles. The van der Waals surface area contributed by atoms with Crippen LogP contribution in [0.25, 0.3) is 5.69 Å². The summed E-state index contributed by atoms with van der Waals surface area (Å²) in [6.07, 6.45) is 1.67. The van der Waals surface area contributed by atoms with Crippen LogP contribution >= 0.6 is 0 Å². The van der Waals surface area contributed by atoms with Crippen molar-refractivity contribution in [1.29, 1.82) is 5.26 Å². The van der Waals surface area contributed by atoms with Gasteiger partial charge in [-0.05, 0) is 42.2 Å². The molecule has 0 N–H and O–H groups in total. The maximum absolute atomic E-state index is 13.2. The summed E-state index contributed by atoms with van der Waals surface area (Å²) < 4.78 is 1.73. The van der Waals surface area contributed by atoms with Gasteiger partial charge >= 0.3 is 0 Å². The van der Waals surface area contributed by atoms with Gasteiger partial charge in [-0.25, -0.2) is 9.67 Å². The summed E-state index contributed by atoms with van der Waals surface area (Å²) in [6.45, 7) is 10.5. The van der Waals surface area contributed by atoms with Crippen molar-refractivity contribution >= 4 is 5.91 Å². The molecule has 0 aliphatic rings. The maximum atomic E-state index is 13.2. The lowest BCUT2D eigenvalue weighted by atomic mass is 10.0. The van der Waals surface area contributed by atoms with E-state index in [0.717, 1.165) is 16.8 Å². The summed E-state index contributed by atoms with van der Waals surface area (Å²) in [7, 11) is 0. The fourth-order valence-electron chi connectivity index (χ4n) is 3.35. The number of carbonyl (C=O) groups is 1. The highest BCUT2D eigenvalue weighted by molar-refractivity contribution is 5.90. The first kappa shape index (κ1) is 21.0. The molecule has 3 rings (SSSR count). The first-order valence-electron chi connectivity index (χ1n) is 9.86. The minimum absolute atomic E-state index is 0.143. The van der Waals surface area contributed by atoms with E-state index in [1.807, 2.05) is 37.3 Å². The largest absolute Gasteiger partial charge is 0.328 e. The normalized spacial score (nSPS) is 10.6. The van der Waals surface area contributed by atoms with E-state index in [-0.39, 0.29) is 11.7 Å². The van der Waals surface area contributed by atoms with Crippen LogP contribution in [0, 0.1) is 18.3 Å². The van der Waals surface area contributed by atoms with E-state index in [4.69, 9.17) is 5.26 Å². The zero-order valence-corrected chi connectivity index (χ0v) is 17.5. The van der Waals surface area contributed by atoms with E-state index in [0.29, 0.717) is 30.4 Å². The van der Waals surface area contributed by atoms with Crippen LogP contribution in [0.3, 0.4) is 0 Å². The number of hydrogen-bond acceptors (Lipinski definition) is 4. The van der Waals surface area contributed by atoms with Crippen molar-refractivity contribution in [3.63, 3.8) is 0 Å². The predicted molar refractivity (Wildman–Crippen MR) is 116 cm³/mol. The number of carbonyl (C=O) groups excluding carboxylic acids is 1. The van der Waals surface area contributed by atoms with Gasteiger partial charge in [-0.2, -0.15) is 5.26 Å². The maximum Gasteiger partial charge on any atom is 0.294 e. The van der Waals surface area contributed by atoms with Crippen LogP contribution < -0.4 is 0 Å². The number of hydrogen-bond donors (Lipinski definition) is 0. The molecule has 0 aliphatic carbocycles. The van der Waals surface area contributed by atoms with Gasteiger partial charge in [0, 0.05) is 13.1 Å². The predicted octanol–water partition coefficient (Wildman–Crippen LogP) is 4.40. The zero-order valence-electron chi connectivity index (χ0n) is 17.5. The van der Waals surface area contributed by atoms with Crippen LogP contribution in [0.1, 0.15) is 52.9 Å². The summed E-state index contributed by atoms with van der Waals surface area (Å²) in [5, 5.41) is 13.6. The Labute approximate surface area is 177 Å². The number of para-hydroxylation sites is 1. The number of rotatable bonds is 7. The molecule has 0 saturated carbocycles. The molecule has 0 fully saturated rings. The highest BCUT2D eigenvalue weighted by Crippen LogP contribution is 2.23. The fraction of sp³-hybridized carbons (Fsp3) is 0.250. The third-order valence-corrected chi connectivity index (χ3v) is 4.81. The zero-order chi connectivity index (χ0) is 21.7. The van der Waals surface area contributed by atoms with E-state index in [9.17, 15) is 4.79 Å². The molecule has 6 heteroatoms. The Kier molecular flexibility index (Phi) is 6.43. The van der Waals surface area contributed by atoms with Crippen LogP contribution in [-0.4, -0.2) is 32.1 Å². The second-order valence-electron chi connectivity index (χ2n) is 7.39. The number of nitriles is 1. The Bertz CT molecular complexity index is 1110. The third-order valence-electron chi connectivity index (χ3n) is 4.81. The number of amides is 1. The van der Waals surface area contributed by atoms with Crippen LogP contribution in [0.5, 0.6) is 0 Å². The molecule has 0 unspecified atom stereocenters. The Balaban J connectivity index is 1.92. The second kappa shape index (κ2) is 9.19. The van der Waals surface area contributed by atoms with Gasteiger partial charge in [0.25, 0.3) is 5.91 Å². The summed E-state index contributed by atoms with van der Waals surface area (Å²) in [5.74, 6) is 0.829. The number of aromatic nitrogens is 3. The molecule has 0 aliphatic heterocycles. The monoisotopic (exact) mass is 399 g/mol. The van der Waals surface area contributed by atoms with Gasteiger partial charge in [0.1, 0.15) is 5.82 Å². The standard InChI is InChI=1S/C24H25N5O/c1-5-13-28(16-20-10-8-9-19(14-20)15-25)24(30)23-26-18(4)29(27-23)22-12-7-6-11-21(22)17(2)3/h5-12,14,17H,1,13,16H2,2-4H3. The highest BCUT2D eigenvalue weighted by atomic mass is 16.2. The minimum atomic E-state index is -0.277. The molecule has 0 saturated heterocycles. The van der Waals surface area contributed by atoms with Crippen molar-refractivity contribution in [1.82, 2.24) is 19.7 Å². The Morgan fingerprint density at radius 2 is 2.03 bits per heavy atom. The molecular formula is C24H25N5O. The Morgan fingerprint density at radius 3 is 2.73 bits per heavy atom. The van der Waals surface area contributed by atoms with Crippen molar-refractivity contribution in [2.45, 2.75) is 33.2 Å². The molecule has 152 valence electrons. The van der Waals surface area contributed by atoms with Crippen molar-refractivity contribution < 1.29 is 4.79 Å². The van der Waals surface area contributed by atoms with E-state index < -0.39 is 0 Å². The van der Waals surface area contributed by atoms with Crippen molar-refractivity contribution in [3.8, 4) is 11.8 Å². The molecule has 30 heavy (non-hydrogen) atoms. The Morgan fingerprint density at radius 1 is 1.27 bits per heavy atom. The van der Waals surface area contributed by atoms with E-state index in [1.54, 1.807) is 27.8 Å². The van der Waals surface area contributed by atoms with Crippen molar-refractivity contribution in [2.24, 2.45) is 0 Å². The highest BCUT2D eigenvalue weighted by Gasteiger charge is 2.22. The average molecular weight is 399 g/mol. The molecule has 1 amide bonds. The van der Waals surface area contributed by atoms with Gasteiger partial charge in [-0.1, -0.05) is 50.3 Å². The first-order valence-corrected chi connectivity index (χ1v) is 9.86. The van der Waals surface area contributed by atoms with Crippen LogP contribution in [0.2, 0.25) is 0 Å². The quantitative estimate of drug-likeness (QED) is 0.552. The lowest BCUT2D eigenvalue weighted by Gasteiger charge is -2.19. The number of nitrogens with zero attached hydrogens (tertiary/aromatic N) is 5. The van der Waals surface area contributed by atoms with Gasteiger partial charge < -0.3 is 4.90 Å². The van der Waals surface area contributed by atoms with Crippen LogP contribution in [0.4, 0.5) is 0 Å². The topological polar surface area (TPSA) is 74.8 Å². The molecule has 0 radical (unpaired) electrons. The number of benzene rings is 2. The van der Waals surface area contributed by atoms with Crippen LogP contribution in [-0.2, 0) is 6.54 Å². The van der Waals surface area contributed by atoms with Gasteiger partial charge in [-0.3, -0.25) is 4.79 Å². The minimum Gasteiger partial charge on any atom is -0.328 e. The van der Waals surface area contributed by atoms with Crippen LogP contribution in [0.15, 0.2) is 61.2 Å². The summed E-state index contributed by atoms with van der Waals surface area (Å²) in [5.41, 5.74) is 3.49. The van der Waals surface area contributed by atoms with Gasteiger partial charge in [0.15, 0.2) is 0 Å². The lowest BCUT2D eigenvalue weighted by Crippen LogP contribution is -2.31. The molecule has 3 aromatic rings. The summed E-state index contributed by atoms with van der Waals surface area (Å²) in [4.78, 5) is 19.2. The van der Waals surface area contributed by atoms with Crippen molar-refractivity contribution in [2.75, 3.05) is 6.54 Å². The average Bonchev–Trinajstić information content (AvgIpc) is 3.14. The summed E-state index contributed by atoms with van der Waals surface area (Å²) >= 11 is 0. The molecule has 1 heterocycles. The molecule has 6 nitrogen and oxygen atoms in total. The van der Waals surface area contributed by atoms with E-state index in [2.05, 4.69) is 42.6 Å². The second-order valence-corrected chi connectivity index (χ2v) is 7.39. The Hall–Kier alpha value is -3.72. The fourth-order valence-corrected chi connectivity index (χ4v) is 3.35. The molecule has 0 bridgehead atoms. The third kappa shape index (κ3) is 4.47. The molecule has 0 spiro atoms. The van der Waals surface area contributed by atoms with Gasteiger partial charge in [0.05, 0.1) is 17.3 Å². The van der Waals surface area contributed by atoms with Crippen molar-refractivity contribution in [3.05, 3.63) is 89.5 Å². The smallest absolute Gasteiger partial charge is 0.294 e. The SMILES string of the molecule is C=CCN(Cc1cccc(C#N)c1)C(=O)c1nc(C)n(-c2ccccc2C(C)C)n1.